The van der Waals surface area contributed by atoms with E-state index in [9.17, 15) is 0 Å². The Hall–Kier alpha value is -0.0600. The molecule has 16 heavy (non-hydrogen) atoms. The predicted molar refractivity (Wildman–Crippen MR) is 75.0 cm³/mol. The lowest BCUT2D eigenvalue weighted by Crippen LogP contribution is -2.17. The smallest absolute Gasteiger partial charge is 0.147 e. The average molecular weight is 351 g/mol. The molecule has 1 rings (SSSR count). The van der Waals surface area contributed by atoms with Crippen LogP contribution in [0.15, 0.2) is 21.1 Å². The highest BCUT2D eigenvalue weighted by atomic mass is 79.9. The van der Waals surface area contributed by atoms with Crippen LogP contribution in [0.2, 0.25) is 0 Å². The van der Waals surface area contributed by atoms with Crippen LogP contribution in [-0.2, 0) is 6.42 Å². The van der Waals surface area contributed by atoms with Crippen LogP contribution in [0.5, 0.6) is 5.75 Å². The summed E-state index contributed by atoms with van der Waals surface area (Å²) in [7, 11) is 0. The van der Waals surface area contributed by atoms with Crippen molar-refractivity contribution in [3.63, 3.8) is 0 Å². The molecule has 0 saturated heterocycles. The van der Waals surface area contributed by atoms with E-state index in [1.54, 1.807) is 0 Å². The zero-order valence-electron chi connectivity index (χ0n) is 9.59. The summed E-state index contributed by atoms with van der Waals surface area (Å²) >= 11 is 7.04. The molecule has 90 valence electrons. The summed E-state index contributed by atoms with van der Waals surface area (Å²) in [5, 5.41) is 0. The lowest BCUT2D eigenvalue weighted by atomic mass is 10.1. The molecule has 1 aromatic rings. The molecule has 2 nitrogen and oxygen atoms in total. The summed E-state index contributed by atoms with van der Waals surface area (Å²) in [5.41, 5.74) is 6.99. The van der Waals surface area contributed by atoms with Crippen LogP contribution < -0.4 is 10.5 Å². The highest BCUT2D eigenvalue weighted by Gasteiger charge is 2.09. The van der Waals surface area contributed by atoms with Gasteiger partial charge in [-0.2, -0.15) is 0 Å². The van der Waals surface area contributed by atoms with Crippen LogP contribution in [0.25, 0.3) is 0 Å². The first-order chi connectivity index (χ1) is 7.54. The summed E-state index contributed by atoms with van der Waals surface area (Å²) in [6.07, 6.45) is 1.87. The summed E-state index contributed by atoms with van der Waals surface area (Å²) < 4.78 is 7.61. The Kier molecular flexibility index (Phi) is 5.79. The molecule has 1 atom stereocenters. The Bertz CT molecular complexity index is 330. The standard InChI is InChI=1S/C12H17Br2NO/c1-3-4-16-12-10(13)6-9(5-8(2)15)7-11(12)14/h6-8H,3-5,15H2,1-2H3. The normalized spacial score (nSPS) is 12.6. The van der Waals surface area contributed by atoms with Gasteiger partial charge in [0.15, 0.2) is 0 Å². The molecule has 0 spiro atoms. The molecular formula is C12H17Br2NO. The SMILES string of the molecule is CCCOc1c(Br)cc(CC(C)N)cc1Br. The second-order valence-electron chi connectivity index (χ2n) is 3.92. The Balaban J connectivity index is 2.89. The molecule has 0 aromatic heterocycles. The van der Waals surface area contributed by atoms with Crippen molar-refractivity contribution in [3.8, 4) is 5.75 Å². The number of hydrogen-bond acceptors (Lipinski definition) is 2. The van der Waals surface area contributed by atoms with Crippen molar-refractivity contribution in [1.82, 2.24) is 0 Å². The Morgan fingerprint density at radius 2 is 1.88 bits per heavy atom. The second-order valence-corrected chi connectivity index (χ2v) is 5.63. The minimum atomic E-state index is 0.168. The van der Waals surface area contributed by atoms with Crippen molar-refractivity contribution in [3.05, 3.63) is 26.6 Å². The van der Waals surface area contributed by atoms with Gasteiger partial charge in [0.05, 0.1) is 15.6 Å². The maximum absolute atomic E-state index is 5.78. The van der Waals surface area contributed by atoms with E-state index in [0.717, 1.165) is 34.1 Å². The first-order valence-corrected chi connectivity index (χ1v) is 6.99. The van der Waals surface area contributed by atoms with Gasteiger partial charge >= 0.3 is 0 Å². The van der Waals surface area contributed by atoms with E-state index in [1.807, 2.05) is 6.92 Å². The van der Waals surface area contributed by atoms with Crippen molar-refractivity contribution < 1.29 is 4.74 Å². The fourth-order valence-electron chi connectivity index (χ4n) is 1.44. The zero-order chi connectivity index (χ0) is 12.1. The third-order valence-electron chi connectivity index (χ3n) is 2.07. The molecule has 2 N–H and O–H groups in total. The minimum Gasteiger partial charge on any atom is -0.491 e. The highest BCUT2D eigenvalue weighted by Crippen LogP contribution is 2.35. The van der Waals surface area contributed by atoms with Crippen molar-refractivity contribution in [2.75, 3.05) is 6.61 Å². The van der Waals surface area contributed by atoms with Crippen molar-refractivity contribution in [2.45, 2.75) is 32.7 Å². The number of halogens is 2. The van der Waals surface area contributed by atoms with Crippen LogP contribution in [-0.4, -0.2) is 12.6 Å². The molecule has 0 saturated carbocycles. The summed E-state index contributed by atoms with van der Waals surface area (Å²) in [5.74, 6) is 0.871. The lowest BCUT2D eigenvalue weighted by Gasteiger charge is -2.12. The Morgan fingerprint density at radius 3 is 2.31 bits per heavy atom. The molecule has 0 heterocycles. The number of nitrogens with two attached hydrogens (primary N) is 1. The fraction of sp³-hybridized carbons (Fsp3) is 0.500. The van der Waals surface area contributed by atoms with E-state index in [4.69, 9.17) is 10.5 Å². The fourth-order valence-corrected chi connectivity index (χ4v) is 2.95. The van der Waals surface area contributed by atoms with Gasteiger partial charge in [-0.1, -0.05) is 6.92 Å². The molecule has 4 heteroatoms. The lowest BCUT2D eigenvalue weighted by molar-refractivity contribution is 0.313. The van der Waals surface area contributed by atoms with Crippen LogP contribution >= 0.6 is 31.9 Å². The third-order valence-corrected chi connectivity index (χ3v) is 3.24. The first-order valence-electron chi connectivity index (χ1n) is 5.41. The molecule has 0 fully saturated rings. The third kappa shape index (κ3) is 4.07. The molecule has 0 bridgehead atoms. The topological polar surface area (TPSA) is 35.2 Å². The summed E-state index contributed by atoms with van der Waals surface area (Å²) in [6, 6.07) is 4.30. The predicted octanol–water partition coefficient (Wildman–Crippen LogP) is 3.89. The number of ether oxygens (including phenoxy) is 1. The minimum absolute atomic E-state index is 0.168. The van der Waals surface area contributed by atoms with Gasteiger partial charge in [-0.15, -0.1) is 0 Å². The van der Waals surface area contributed by atoms with E-state index >= 15 is 0 Å². The number of hydrogen-bond donors (Lipinski definition) is 1. The van der Waals surface area contributed by atoms with Crippen molar-refractivity contribution in [2.24, 2.45) is 5.73 Å². The Labute approximate surface area is 114 Å². The van der Waals surface area contributed by atoms with Crippen LogP contribution in [0.3, 0.4) is 0 Å². The van der Waals surface area contributed by atoms with E-state index in [2.05, 4.69) is 50.9 Å². The monoisotopic (exact) mass is 349 g/mol. The van der Waals surface area contributed by atoms with Gasteiger partial charge in [-0.3, -0.25) is 0 Å². The van der Waals surface area contributed by atoms with Gasteiger partial charge in [0.2, 0.25) is 0 Å². The average Bonchev–Trinajstić information content (AvgIpc) is 2.15. The quantitative estimate of drug-likeness (QED) is 0.874. The van der Waals surface area contributed by atoms with Crippen molar-refractivity contribution in [1.29, 1.82) is 0 Å². The Morgan fingerprint density at radius 1 is 1.31 bits per heavy atom. The number of rotatable bonds is 5. The zero-order valence-corrected chi connectivity index (χ0v) is 12.8. The molecular weight excluding hydrogens is 334 g/mol. The molecule has 0 aliphatic carbocycles. The van der Waals surface area contributed by atoms with Crippen LogP contribution in [0, 0.1) is 0 Å². The molecule has 1 unspecified atom stereocenters. The maximum Gasteiger partial charge on any atom is 0.147 e. The van der Waals surface area contributed by atoms with Gasteiger partial charge in [0.1, 0.15) is 5.75 Å². The van der Waals surface area contributed by atoms with Crippen LogP contribution in [0.1, 0.15) is 25.8 Å². The molecule has 0 aliphatic rings. The largest absolute Gasteiger partial charge is 0.491 e. The van der Waals surface area contributed by atoms with E-state index in [1.165, 1.54) is 5.56 Å². The summed E-state index contributed by atoms with van der Waals surface area (Å²) in [6.45, 7) is 4.82. The molecule has 0 amide bonds. The maximum atomic E-state index is 5.78. The van der Waals surface area contributed by atoms with Gasteiger partial charge < -0.3 is 10.5 Å². The van der Waals surface area contributed by atoms with Crippen molar-refractivity contribution >= 4 is 31.9 Å². The molecule has 1 aromatic carbocycles. The number of benzene rings is 1. The van der Waals surface area contributed by atoms with E-state index in [0.29, 0.717) is 0 Å². The first kappa shape index (κ1) is 14.0. The molecule has 0 radical (unpaired) electrons. The van der Waals surface area contributed by atoms with Gasteiger partial charge in [0, 0.05) is 6.04 Å². The summed E-state index contributed by atoms with van der Waals surface area (Å²) in [4.78, 5) is 0. The van der Waals surface area contributed by atoms with E-state index in [-0.39, 0.29) is 6.04 Å². The van der Waals surface area contributed by atoms with E-state index < -0.39 is 0 Å². The van der Waals surface area contributed by atoms with Gasteiger partial charge in [-0.05, 0) is 69.3 Å². The highest BCUT2D eigenvalue weighted by molar-refractivity contribution is 9.11. The van der Waals surface area contributed by atoms with Gasteiger partial charge in [-0.25, -0.2) is 0 Å². The second kappa shape index (κ2) is 6.62. The van der Waals surface area contributed by atoms with Crippen LogP contribution in [0.4, 0.5) is 0 Å². The van der Waals surface area contributed by atoms with Gasteiger partial charge in [0.25, 0.3) is 0 Å². The molecule has 0 aliphatic heterocycles.